The molecule has 1 aliphatic heterocycles. The third-order valence-corrected chi connectivity index (χ3v) is 4.35. The van der Waals surface area contributed by atoms with Gasteiger partial charge >= 0.3 is 0 Å². The highest BCUT2D eigenvalue weighted by molar-refractivity contribution is 6.12. The molecule has 22 heavy (non-hydrogen) atoms. The number of amides is 3. The summed E-state index contributed by atoms with van der Waals surface area (Å²) in [5.41, 5.74) is 0.0936. The van der Waals surface area contributed by atoms with E-state index in [1.165, 1.54) is 17.1 Å². The first-order valence-electron chi connectivity index (χ1n) is 8.07. The van der Waals surface area contributed by atoms with Gasteiger partial charge in [-0.2, -0.15) is 0 Å². The van der Waals surface area contributed by atoms with Crippen molar-refractivity contribution < 1.29 is 14.4 Å². The molecule has 5 nitrogen and oxygen atoms in total. The maximum Gasteiger partial charge on any atom is 0.253 e. The predicted octanol–water partition coefficient (Wildman–Crippen LogP) is 1.88. The molecule has 1 N–H and O–H groups in total. The lowest BCUT2D eigenvalue weighted by Gasteiger charge is -2.30. The first-order chi connectivity index (χ1) is 10.3. The number of rotatable bonds is 4. The molecule has 0 unspecified atom stereocenters. The Morgan fingerprint density at radius 3 is 2.18 bits per heavy atom. The van der Waals surface area contributed by atoms with E-state index in [1.54, 1.807) is 0 Å². The average molecular weight is 306 g/mol. The van der Waals surface area contributed by atoms with Crippen molar-refractivity contribution >= 4 is 17.7 Å². The molecule has 0 bridgehead atoms. The largest absolute Gasteiger partial charge is 0.355 e. The first kappa shape index (κ1) is 16.7. The number of hydrogen-bond acceptors (Lipinski definition) is 3. The Hall–Kier alpha value is -1.65. The summed E-state index contributed by atoms with van der Waals surface area (Å²) < 4.78 is 0. The van der Waals surface area contributed by atoms with Crippen molar-refractivity contribution in [2.24, 2.45) is 17.3 Å². The number of imide groups is 1. The van der Waals surface area contributed by atoms with Gasteiger partial charge in [0.05, 0.1) is 0 Å². The highest BCUT2D eigenvalue weighted by Crippen LogP contribution is 2.30. The van der Waals surface area contributed by atoms with Crippen LogP contribution in [0.25, 0.3) is 0 Å². The van der Waals surface area contributed by atoms with E-state index in [-0.39, 0.29) is 29.1 Å². The van der Waals surface area contributed by atoms with Gasteiger partial charge in [-0.05, 0) is 37.0 Å². The van der Waals surface area contributed by atoms with Gasteiger partial charge in [-0.3, -0.25) is 19.3 Å². The summed E-state index contributed by atoms with van der Waals surface area (Å²) in [4.78, 5) is 36.6. The molecule has 2 rings (SSSR count). The fourth-order valence-corrected chi connectivity index (χ4v) is 2.97. The third-order valence-electron chi connectivity index (χ3n) is 4.35. The van der Waals surface area contributed by atoms with Crippen molar-refractivity contribution in [3.8, 4) is 0 Å². The van der Waals surface area contributed by atoms with Crippen LogP contribution in [0.1, 0.15) is 46.5 Å². The minimum Gasteiger partial charge on any atom is -0.355 e. The zero-order valence-corrected chi connectivity index (χ0v) is 13.7. The van der Waals surface area contributed by atoms with Crippen molar-refractivity contribution in [2.45, 2.75) is 46.5 Å². The number of carbonyl (C=O) groups is 3. The standard InChI is InChI=1S/C17H26N2O3/c1-17(2,3)11-18-16(22)13-6-4-12(5-7-13)10-19-14(20)8-9-15(19)21/h8-9,12-13H,4-7,10-11H2,1-3H3,(H,18,22). The summed E-state index contributed by atoms with van der Waals surface area (Å²) >= 11 is 0. The maximum atomic E-state index is 12.2. The van der Waals surface area contributed by atoms with Gasteiger partial charge in [-0.15, -0.1) is 0 Å². The van der Waals surface area contributed by atoms with Gasteiger partial charge in [-0.25, -0.2) is 0 Å². The summed E-state index contributed by atoms with van der Waals surface area (Å²) in [7, 11) is 0. The topological polar surface area (TPSA) is 66.5 Å². The van der Waals surface area contributed by atoms with Crippen LogP contribution in [0.4, 0.5) is 0 Å². The fraction of sp³-hybridized carbons (Fsp3) is 0.706. The average Bonchev–Trinajstić information content (AvgIpc) is 2.77. The monoisotopic (exact) mass is 306 g/mol. The molecule has 3 amide bonds. The van der Waals surface area contributed by atoms with Crippen LogP contribution in [-0.4, -0.2) is 35.7 Å². The van der Waals surface area contributed by atoms with Gasteiger partial charge < -0.3 is 5.32 Å². The molecule has 0 spiro atoms. The number of nitrogens with zero attached hydrogens (tertiary/aromatic N) is 1. The predicted molar refractivity (Wildman–Crippen MR) is 83.8 cm³/mol. The Balaban J connectivity index is 1.75. The smallest absolute Gasteiger partial charge is 0.253 e. The van der Waals surface area contributed by atoms with E-state index < -0.39 is 0 Å². The second-order valence-electron chi connectivity index (χ2n) is 7.62. The number of hydrogen-bond donors (Lipinski definition) is 1. The normalized spacial score (nSPS) is 25.7. The Kier molecular flexibility index (Phi) is 5.04. The SMILES string of the molecule is CC(C)(C)CNC(=O)C1CCC(CN2C(=O)C=CC2=O)CC1. The molecular weight excluding hydrogens is 280 g/mol. The summed E-state index contributed by atoms with van der Waals surface area (Å²) in [6.07, 6.45) is 6.12. The summed E-state index contributed by atoms with van der Waals surface area (Å²) in [5, 5.41) is 3.03. The molecule has 122 valence electrons. The minimum absolute atomic E-state index is 0.0710. The van der Waals surface area contributed by atoms with Crippen LogP contribution in [0.5, 0.6) is 0 Å². The van der Waals surface area contributed by atoms with E-state index in [4.69, 9.17) is 0 Å². The highest BCUT2D eigenvalue weighted by atomic mass is 16.2. The van der Waals surface area contributed by atoms with Crippen LogP contribution in [0.3, 0.4) is 0 Å². The van der Waals surface area contributed by atoms with E-state index in [1.807, 2.05) is 0 Å². The molecule has 0 aromatic rings. The Morgan fingerprint density at radius 1 is 1.14 bits per heavy atom. The van der Waals surface area contributed by atoms with Crippen LogP contribution in [0.15, 0.2) is 12.2 Å². The molecule has 1 saturated carbocycles. The number of carbonyl (C=O) groups excluding carboxylic acids is 3. The molecule has 5 heteroatoms. The molecule has 1 aliphatic carbocycles. The van der Waals surface area contributed by atoms with Crippen molar-refractivity contribution in [3.05, 3.63) is 12.2 Å². The number of nitrogens with one attached hydrogen (secondary N) is 1. The third kappa shape index (κ3) is 4.42. The van der Waals surface area contributed by atoms with Gasteiger partial charge in [0.2, 0.25) is 5.91 Å². The van der Waals surface area contributed by atoms with Crippen LogP contribution in [0, 0.1) is 17.3 Å². The minimum atomic E-state index is -0.213. The molecule has 0 atom stereocenters. The second kappa shape index (κ2) is 6.63. The van der Waals surface area contributed by atoms with E-state index in [0.29, 0.717) is 19.0 Å². The van der Waals surface area contributed by atoms with Gasteiger partial charge in [0.1, 0.15) is 0 Å². The van der Waals surface area contributed by atoms with Gasteiger partial charge in [0.15, 0.2) is 0 Å². The van der Waals surface area contributed by atoms with Crippen molar-refractivity contribution in [3.63, 3.8) is 0 Å². The molecule has 0 aromatic carbocycles. The molecule has 1 fully saturated rings. The van der Waals surface area contributed by atoms with E-state index >= 15 is 0 Å². The lowest BCUT2D eigenvalue weighted by Crippen LogP contribution is -2.40. The van der Waals surface area contributed by atoms with Crippen LogP contribution in [-0.2, 0) is 14.4 Å². The Labute approximate surface area is 132 Å². The van der Waals surface area contributed by atoms with Crippen molar-refractivity contribution in [1.29, 1.82) is 0 Å². The highest BCUT2D eigenvalue weighted by Gasteiger charge is 2.31. The van der Waals surface area contributed by atoms with Gasteiger partial charge in [0.25, 0.3) is 11.8 Å². The van der Waals surface area contributed by atoms with Crippen LogP contribution < -0.4 is 5.32 Å². The lowest BCUT2D eigenvalue weighted by molar-refractivity contribution is -0.138. The Bertz CT molecular complexity index is 465. The lowest BCUT2D eigenvalue weighted by atomic mass is 9.81. The summed E-state index contributed by atoms with van der Waals surface area (Å²) in [5.74, 6) is 0.106. The zero-order chi connectivity index (χ0) is 16.3. The van der Waals surface area contributed by atoms with Crippen LogP contribution >= 0.6 is 0 Å². The van der Waals surface area contributed by atoms with E-state index in [2.05, 4.69) is 26.1 Å². The summed E-state index contributed by atoms with van der Waals surface area (Å²) in [6.45, 7) is 7.47. The van der Waals surface area contributed by atoms with E-state index in [9.17, 15) is 14.4 Å². The Morgan fingerprint density at radius 2 is 1.68 bits per heavy atom. The van der Waals surface area contributed by atoms with Crippen molar-refractivity contribution in [1.82, 2.24) is 10.2 Å². The van der Waals surface area contributed by atoms with Crippen LogP contribution in [0.2, 0.25) is 0 Å². The van der Waals surface area contributed by atoms with Gasteiger partial charge in [-0.1, -0.05) is 20.8 Å². The maximum absolute atomic E-state index is 12.2. The zero-order valence-electron chi connectivity index (χ0n) is 13.7. The molecule has 2 aliphatic rings. The molecule has 0 radical (unpaired) electrons. The fourth-order valence-electron chi connectivity index (χ4n) is 2.97. The van der Waals surface area contributed by atoms with Crippen molar-refractivity contribution in [2.75, 3.05) is 13.1 Å². The molecule has 0 saturated heterocycles. The first-order valence-corrected chi connectivity index (χ1v) is 8.07. The molecule has 0 aromatic heterocycles. The van der Waals surface area contributed by atoms with E-state index in [0.717, 1.165) is 25.7 Å². The second-order valence-corrected chi connectivity index (χ2v) is 7.62. The molecule has 1 heterocycles. The summed E-state index contributed by atoms with van der Waals surface area (Å²) in [6, 6.07) is 0. The quantitative estimate of drug-likeness (QED) is 0.806. The molecular formula is C17H26N2O3. The van der Waals surface area contributed by atoms with Gasteiger partial charge in [0, 0.05) is 31.2 Å².